The minimum absolute atomic E-state index is 0.0757. The first-order valence-electron chi connectivity index (χ1n) is 4.65. The van der Waals surface area contributed by atoms with E-state index in [4.69, 9.17) is 14.2 Å². The lowest BCUT2D eigenvalue weighted by atomic mass is 10.3. The molecule has 0 aliphatic rings. The van der Waals surface area contributed by atoms with Gasteiger partial charge in [0.2, 0.25) is 0 Å². The molecule has 1 aromatic carbocycles. The van der Waals surface area contributed by atoms with E-state index in [1.165, 1.54) is 0 Å². The average molecular weight is 210 g/mol. The number of para-hydroxylation sites is 1. The predicted octanol–water partition coefficient (Wildman–Crippen LogP) is 1.26. The van der Waals surface area contributed by atoms with Crippen LogP contribution in [-0.4, -0.2) is 32.9 Å². The largest absolute Gasteiger partial charge is 0.482 e. The summed E-state index contributed by atoms with van der Waals surface area (Å²) in [5, 5.41) is 0. The van der Waals surface area contributed by atoms with Gasteiger partial charge in [0.1, 0.15) is 12.4 Å². The molecule has 4 heteroatoms. The summed E-state index contributed by atoms with van der Waals surface area (Å²) in [6.07, 6.45) is 0. The first-order valence-corrected chi connectivity index (χ1v) is 4.65. The smallest absolute Gasteiger partial charge is 0.344 e. The molecule has 0 fully saturated rings. The molecule has 15 heavy (non-hydrogen) atoms. The summed E-state index contributed by atoms with van der Waals surface area (Å²) < 4.78 is 14.7. The summed E-state index contributed by atoms with van der Waals surface area (Å²) in [7, 11) is 1.55. The maximum atomic E-state index is 11.1. The number of ether oxygens (including phenoxy) is 3. The summed E-state index contributed by atoms with van der Waals surface area (Å²) in [6.45, 7) is 0.582. The van der Waals surface area contributed by atoms with Crippen molar-refractivity contribution in [3.63, 3.8) is 0 Å². The van der Waals surface area contributed by atoms with E-state index in [9.17, 15) is 4.79 Å². The van der Waals surface area contributed by atoms with Gasteiger partial charge in [0.15, 0.2) is 6.61 Å². The molecule has 0 radical (unpaired) electrons. The third-order valence-corrected chi connectivity index (χ3v) is 1.65. The molecule has 0 amide bonds. The lowest BCUT2D eigenvalue weighted by Crippen LogP contribution is -2.17. The summed E-state index contributed by atoms with van der Waals surface area (Å²) in [5.74, 6) is 0.261. The Morgan fingerprint density at radius 2 is 1.93 bits per heavy atom. The standard InChI is InChI=1S/C11H14O4/c1-13-7-8-14-11(12)9-15-10-5-3-2-4-6-10/h2-6H,7-9H2,1H3. The number of rotatable bonds is 6. The minimum atomic E-state index is -0.393. The number of hydrogen-bond acceptors (Lipinski definition) is 4. The molecule has 0 aromatic heterocycles. The Labute approximate surface area is 88.8 Å². The fourth-order valence-electron chi connectivity index (χ4n) is 0.939. The predicted molar refractivity (Wildman–Crippen MR) is 54.8 cm³/mol. The second kappa shape index (κ2) is 6.84. The summed E-state index contributed by atoms with van der Waals surface area (Å²) in [6, 6.07) is 9.12. The third kappa shape index (κ3) is 5.02. The zero-order valence-electron chi connectivity index (χ0n) is 8.64. The van der Waals surface area contributed by atoms with Gasteiger partial charge in [-0.15, -0.1) is 0 Å². The SMILES string of the molecule is COCCOC(=O)COc1ccccc1. The van der Waals surface area contributed by atoms with Gasteiger partial charge < -0.3 is 14.2 Å². The minimum Gasteiger partial charge on any atom is -0.482 e. The van der Waals surface area contributed by atoms with E-state index < -0.39 is 5.97 Å². The Balaban J connectivity index is 2.17. The van der Waals surface area contributed by atoms with Crippen LogP contribution in [0.4, 0.5) is 0 Å². The van der Waals surface area contributed by atoms with Gasteiger partial charge >= 0.3 is 5.97 Å². The first kappa shape index (κ1) is 11.5. The number of carbonyl (C=O) groups excluding carboxylic acids is 1. The van der Waals surface area contributed by atoms with Crippen molar-refractivity contribution >= 4 is 5.97 Å². The van der Waals surface area contributed by atoms with E-state index in [1.807, 2.05) is 18.2 Å². The number of benzene rings is 1. The zero-order chi connectivity index (χ0) is 10.9. The number of methoxy groups -OCH3 is 1. The second-order valence-electron chi connectivity index (χ2n) is 2.81. The molecular weight excluding hydrogens is 196 g/mol. The number of carbonyl (C=O) groups is 1. The van der Waals surface area contributed by atoms with Crippen LogP contribution in [0.2, 0.25) is 0 Å². The third-order valence-electron chi connectivity index (χ3n) is 1.65. The molecule has 0 heterocycles. The van der Waals surface area contributed by atoms with Gasteiger partial charge in [-0.2, -0.15) is 0 Å². The van der Waals surface area contributed by atoms with Crippen LogP contribution < -0.4 is 4.74 Å². The van der Waals surface area contributed by atoms with E-state index in [1.54, 1.807) is 19.2 Å². The van der Waals surface area contributed by atoms with Gasteiger partial charge in [0.05, 0.1) is 6.61 Å². The van der Waals surface area contributed by atoms with Gasteiger partial charge in [-0.25, -0.2) is 4.79 Å². The normalized spacial score (nSPS) is 9.67. The molecule has 0 unspecified atom stereocenters. The van der Waals surface area contributed by atoms with Crippen LogP contribution in [0.15, 0.2) is 30.3 Å². The Hall–Kier alpha value is -1.55. The Morgan fingerprint density at radius 1 is 1.20 bits per heavy atom. The van der Waals surface area contributed by atoms with Crippen molar-refractivity contribution in [1.82, 2.24) is 0 Å². The van der Waals surface area contributed by atoms with Gasteiger partial charge in [-0.05, 0) is 12.1 Å². The molecule has 0 spiro atoms. The lowest BCUT2D eigenvalue weighted by Gasteiger charge is -2.06. The van der Waals surface area contributed by atoms with Gasteiger partial charge in [0, 0.05) is 7.11 Å². The van der Waals surface area contributed by atoms with Crippen molar-refractivity contribution in [1.29, 1.82) is 0 Å². The Bertz CT molecular complexity index is 284. The highest BCUT2D eigenvalue weighted by Crippen LogP contribution is 2.07. The maximum absolute atomic E-state index is 11.1. The topological polar surface area (TPSA) is 44.8 Å². The summed E-state index contributed by atoms with van der Waals surface area (Å²) in [5.41, 5.74) is 0. The Kier molecular flexibility index (Phi) is 5.25. The molecule has 1 rings (SSSR count). The van der Waals surface area contributed by atoms with Crippen LogP contribution in [0, 0.1) is 0 Å². The summed E-state index contributed by atoms with van der Waals surface area (Å²) in [4.78, 5) is 11.1. The van der Waals surface area contributed by atoms with Crippen molar-refractivity contribution in [2.75, 3.05) is 26.9 Å². The molecule has 0 saturated heterocycles. The first-order chi connectivity index (χ1) is 7.33. The maximum Gasteiger partial charge on any atom is 0.344 e. The highest BCUT2D eigenvalue weighted by atomic mass is 16.6. The zero-order valence-corrected chi connectivity index (χ0v) is 8.64. The highest BCUT2D eigenvalue weighted by molar-refractivity contribution is 5.71. The van der Waals surface area contributed by atoms with Crippen molar-refractivity contribution in [2.45, 2.75) is 0 Å². The van der Waals surface area contributed by atoms with Gasteiger partial charge in [-0.1, -0.05) is 18.2 Å². The molecule has 0 atom stereocenters. The molecule has 0 bridgehead atoms. The quantitative estimate of drug-likeness (QED) is 0.523. The van der Waals surface area contributed by atoms with Crippen molar-refractivity contribution in [2.24, 2.45) is 0 Å². The van der Waals surface area contributed by atoms with E-state index in [0.717, 1.165) is 0 Å². The van der Waals surface area contributed by atoms with E-state index in [-0.39, 0.29) is 13.2 Å². The van der Waals surface area contributed by atoms with Crippen LogP contribution in [0.25, 0.3) is 0 Å². The molecule has 0 N–H and O–H groups in total. The second-order valence-corrected chi connectivity index (χ2v) is 2.81. The van der Waals surface area contributed by atoms with Crippen LogP contribution >= 0.6 is 0 Å². The van der Waals surface area contributed by atoms with Crippen LogP contribution in [0.3, 0.4) is 0 Å². The highest BCUT2D eigenvalue weighted by Gasteiger charge is 2.02. The van der Waals surface area contributed by atoms with Crippen LogP contribution in [0.1, 0.15) is 0 Å². The Morgan fingerprint density at radius 3 is 2.60 bits per heavy atom. The van der Waals surface area contributed by atoms with Crippen LogP contribution in [0.5, 0.6) is 5.75 Å². The van der Waals surface area contributed by atoms with Crippen molar-refractivity contribution in [3.8, 4) is 5.75 Å². The molecule has 1 aromatic rings. The van der Waals surface area contributed by atoms with Gasteiger partial charge in [0.25, 0.3) is 0 Å². The number of hydrogen-bond donors (Lipinski definition) is 0. The van der Waals surface area contributed by atoms with Crippen molar-refractivity contribution < 1.29 is 19.0 Å². The van der Waals surface area contributed by atoms with Gasteiger partial charge in [-0.3, -0.25) is 0 Å². The lowest BCUT2D eigenvalue weighted by molar-refractivity contribution is -0.147. The fourth-order valence-corrected chi connectivity index (χ4v) is 0.939. The van der Waals surface area contributed by atoms with Crippen LogP contribution in [-0.2, 0) is 14.3 Å². The summed E-state index contributed by atoms with van der Waals surface area (Å²) >= 11 is 0. The molecule has 0 saturated carbocycles. The average Bonchev–Trinajstić information content (AvgIpc) is 2.28. The molecule has 4 nitrogen and oxygen atoms in total. The van der Waals surface area contributed by atoms with E-state index in [2.05, 4.69) is 0 Å². The molecule has 0 aliphatic carbocycles. The molecular formula is C11H14O4. The van der Waals surface area contributed by atoms with E-state index in [0.29, 0.717) is 12.4 Å². The monoisotopic (exact) mass is 210 g/mol. The van der Waals surface area contributed by atoms with Crippen molar-refractivity contribution in [3.05, 3.63) is 30.3 Å². The molecule has 0 aliphatic heterocycles. The molecule has 82 valence electrons. The van der Waals surface area contributed by atoms with E-state index >= 15 is 0 Å². The number of esters is 1. The fraction of sp³-hybridized carbons (Fsp3) is 0.364.